The molecule has 0 amide bonds. The number of nitrogens with one attached hydrogen (secondary N) is 1. The molecule has 1 saturated carbocycles. The summed E-state index contributed by atoms with van der Waals surface area (Å²) in [6.45, 7) is 7.91. The third-order valence-corrected chi connectivity index (χ3v) is 4.45. The van der Waals surface area contributed by atoms with Gasteiger partial charge in [-0.2, -0.15) is 0 Å². The van der Waals surface area contributed by atoms with E-state index in [1.54, 1.807) is 0 Å². The quantitative estimate of drug-likeness (QED) is 0.860. The van der Waals surface area contributed by atoms with Gasteiger partial charge in [0.25, 0.3) is 0 Å². The van der Waals surface area contributed by atoms with Crippen molar-refractivity contribution in [2.24, 2.45) is 11.3 Å². The number of fused-ring (bicyclic) bond motifs is 1. The largest absolute Gasteiger partial charge is 0.491 e. The molecule has 0 radical (unpaired) electrons. The van der Waals surface area contributed by atoms with E-state index in [2.05, 4.69) is 44.3 Å². The van der Waals surface area contributed by atoms with Crippen molar-refractivity contribution in [1.82, 2.24) is 5.32 Å². The fraction of sp³-hybridized carbons (Fsp3) is 0.625. The van der Waals surface area contributed by atoms with Gasteiger partial charge in [0.05, 0.1) is 6.04 Å². The molecule has 1 aliphatic heterocycles. The Morgan fingerprint density at radius 3 is 2.72 bits per heavy atom. The van der Waals surface area contributed by atoms with Crippen LogP contribution in [0.15, 0.2) is 24.3 Å². The Kier molecular flexibility index (Phi) is 2.86. The van der Waals surface area contributed by atoms with E-state index in [0.717, 1.165) is 18.3 Å². The minimum atomic E-state index is 0.377. The zero-order valence-corrected chi connectivity index (χ0v) is 11.6. The van der Waals surface area contributed by atoms with Gasteiger partial charge in [0.1, 0.15) is 12.4 Å². The lowest BCUT2D eigenvalue weighted by atomic mass is 9.91. The van der Waals surface area contributed by atoms with Gasteiger partial charge in [0.2, 0.25) is 0 Å². The fourth-order valence-electron chi connectivity index (χ4n) is 3.68. The van der Waals surface area contributed by atoms with Crippen LogP contribution >= 0.6 is 0 Å². The zero-order chi connectivity index (χ0) is 12.8. The molecule has 1 N–H and O–H groups in total. The number of ether oxygens (including phenoxy) is 1. The average Bonchev–Trinajstić information content (AvgIpc) is 2.81. The molecule has 3 atom stereocenters. The number of hydrogen-bond acceptors (Lipinski definition) is 2. The summed E-state index contributed by atoms with van der Waals surface area (Å²) in [6.07, 6.45) is 2.59. The first kappa shape index (κ1) is 12.0. The van der Waals surface area contributed by atoms with Crippen LogP contribution in [0.1, 0.15) is 45.2 Å². The summed E-state index contributed by atoms with van der Waals surface area (Å²) in [5.41, 5.74) is 1.81. The molecular weight excluding hydrogens is 222 g/mol. The molecule has 3 rings (SSSR count). The third-order valence-electron chi connectivity index (χ3n) is 4.45. The van der Waals surface area contributed by atoms with Crippen molar-refractivity contribution < 1.29 is 4.74 Å². The Morgan fingerprint density at radius 1 is 1.22 bits per heavy atom. The summed E-state index contributed by atoms with van der Waals surface area (Å²) in [5, 5.41) is 3.81. The van der Waals surface area contributed by atoms with Crippen LogP contribution in [0, 0.1) is 11.3 Å². The molecule has 1 heterocycles. The van der Waals surface area contributed by atoms with Crippen molar-refractivity contribution in [3.8, 4) is 5.75 Å². The lowest BCUT2D eigenvalue weighted by Crippen LogP contribution is -2.35. The standard InChI is InChI=1S/C16H23NO/c1-11-8-16(2,3)9-13(11)17-14-10-18-15-7-5-4-6-12(14)15/h4-7,11,13-14,17H,8-10H2,1-3H3. The molecule has 0 bridgehead atoms. The zero-order valence-electron chi connectivity index (χ0n) is 11.6. The third kappa shape index (κ3) is 2.14. The Labute approximate surface area is 110 Å². The van der Waals surface area contributed by atoms with Crippen molar-refractivity contribution in [3.63, 3.8) is 0 Å². The van der Waals surface area contributed by atoms with E-state index in [9.17, 15) is 0 Å². The van der Waals surface area contributed by atoms with Gasteiger partial charge in [-0.15, -0.1) is 0 Å². The minimum Gasteiger partial charge on any atom is -0.491 e. The van der Waals surface area contributed by atoms with Crippen LogP contribution < -0.4 is 10.1 Å². The van der Waals surface area contributed by atoms with Crippen LogP contribution in [-0.2, 0) is 0 Å². The highest BCUT2D eigenvalue weighted by molar-refractivity contribution is 5.39. The van der Waals surface area contributed by atoms with Crippen LogP contribution in [0.3, 0.4) is 0 Å². The average molecular weight is 245 g/mol. The van der Waals surface area contributed by atoms with Gasteiger partial charge in [-0.3, -0.25) is 0 Å². The molecule has 1 aliphatic carbocycles. The summed E-state index contributed by atoms with van der Waals surface area (Å²) in [4.78, 5) is 0. The van der Waals surface area contributed by atoms with E-state index in [1.807, 2.05) is 6.07 Å². The van der Waals surface area contributed by atoms with E-state index >= 15 is 0 Å². The van der Waals surface area contributed by atoms with Crippen molar-refractivity contribution in [1.29, 1.82) is 0 Å². The second-order valence-corrected chi connectivity index (χ2v) is 6.72. The monoisotopic (exact) mass is 245 g/mol. The van der Waals surface area contributed by atoms with Gasteiger partial charge in [0.15, 0.2) is 0 Å². The molecule has 2 heteroatoms. The lowest BCUT2D eigenvalue weighted by molar-refractivity contribution is 0.281. The SMILES string of the molecule is CC1CC(C)(C)CC1NC1COc2ccccc21. The second-order valence-electron chi connectivity index (χ2n) is 6.72. The molecule has 2 aliphatic rings. The smallest absolute Gasteiger partial charge is 0.124 e. The Morgan fingerprint density at radius 2 is 2.00 bits per heavy atom. The van der Waals surface area contributed by atoms with Crippen LogP contribution in [0.4, 0.5) is 0 Å². The van der Waals surface area contributed by atoms with Gasteiger partial charge in [-0.1, -0.05) is 39.0 Å². The first-order chi connectivity index (χ1) is 8.55. The molecule has 0 saturated heterocycles. The van der Waals surface area contributed by atoms with E-state index < -0.39 is 0 Å². The van der Waals surface area contributed by atoms with Gasteiger partial charge in [-0.25, -0.2) is 0 Å². The molecule has 0 aromatic heterocycles. The number of benzene rings is 1. The van der Waals surface area contributed by atoms with E-state index in [-0.39, 0.29) is 0 Å². The van der Waals surface area contributed by atoms with Crippen LogP contribution in [0.25, 0.3) is 0 Å². The molecule has 1 aromatic rings. The van der Waals surface area contributed by atoms with Gasteiger partial charge < -0.3 is 10.1 Å². The Hall–Kier alpha value is -1.02. The normalized spacial score (nSPS) is 33.2. The molecule has 98 valence electrons. The number of hydrogen-bond donors (Lipinski definition) is 1. The highest BCUT2D eigenvalue weighted by atomic mass is 16.5. The highest BCUT2D eigenvalue weighted by Gasteiger charge is 2.38. The predicted octanol–water partition coefficient (Wildman–Crippen LogP) is 3.53. The van der Waals surface area contributed by atoms with Crippen molar-refractivity contribution in [2.75, 3.05) is 6.61 Å². The summed E-state index contributed by atoms with van der Waals surface area (Å²) in [6, 6.07) is 9.40. The van der Waals surface area contributed by atoms with Gasteiger partial charge in [-0.05, 0) is 30.2 Å². The van der Waals surface area contributed by atoms with Crippen LogP contribution in [0.2, 0.25) is 0 Å². The summed E-state index contributed by atoms with van der Waals surface area (Å²) >= 11 is 0. The molecule has 1 fully saturated rings. The molecule has 2 nitrogen and oxygen atoms in total. The van der Waals surface area contributed by atoms with Crippen molar-refractivity contribution in [2.45, 2.75) is 45.7 Å². The van der Waals surface area contributed by atoms with Crippen molar-refractivity contribution >= 4 is 0 Å². The molecule has 3 unspecified atom stereocenters. The van der Waals surface area contributed by atoms with Gasteiger partial charge in [0, 0.05) is 11.6 Å². The molecular formula is C16H23NO. The first-order valence-corrected chi connectivity index (χ1v) is 7.03. The minimum absolute atomic E-state index is 0.377. The summed E-state index contributed by atoms with van der Waals surface area (Å²) in [7, 11) is 0. The van der Waals surface area contributed by atoms with Gasteiger partial charge >= 0.3 is 0 Å². The van der Waals surface area contributed by atoms with E-state index in [0.29, 0.717) is 17.5 Å². The lowest BCUT2D eigenvalue weighted by Gasteiger charge is -2.22. The van der Waals surface area contributed by atoms with E-state index in [4.69, 9.17) is 4.74 Å². The Balaban J connectivity index is 1.72. The fourth-order valence-corrected chi connectivity index (χ4v) is 3.68. The Bertz CT molecular complexity index is 440. The summed E-state index contributed by atoms with van der Waals surface area (Å²) < 4.78 is 5.75. The van der Waals surface area contributed by atoms with Crippen molar-refractivity contribution in [3.05, 3.63) is 29.8 Å². The molecule has 0 spiro atoms. The maximum atomic E-state index is 5.75. The predicted molar refractivity (Wildman–Crippen MR) is 73.8 cm³/mol. The maximum absolute atomic E-state index is 5.75. The highest BCUT2D eigenvalue weighted by Crippen LogP contribution is 2.42. The summed E-state index contributed by atoms with van der Waals surface area (Å²) in [5.74, 6) is 1.81. The molecule has 1 aromatic carbocycles. The first-order valence-electron chi connectivity index (χ1n) is 7.03. The topological polar surface area (TPSA) is 21.3 Å². The van der Waals surface area contributed by atoms with E-state index in [1.165, 1.54) is 18.4 Å². The van der Waals surface area contributed by atoms with Crippen LogP contribution in [-0.4, -0.2) is 12.6 Å². The van der Waals surface area contributed by atoms with Crippen LogP contribution in [0.5, 0.6) is 5.75 Å². The number of rotatable bonds is 2. The number of para-hydroxylation sites is 1. The second kappa shape index (κ2) is 4.27. The maximum Gasteiger partial charge on any atom is 0.124 e. The molecule has 18 heavy (non-hydrogen) atoms.